The van der Waals surface area contributed by atoms with Crippen LogP contribution in [0.4, 0.5) is 27.8 Å². The zero-order valence-corrected chi connectivity index (χ0v) is 18.8. The molecule has 3 aromatic rings. The van der Waals surface area contributed by atoms with Crippen LogP contribution in [0.5, 0.6) is 0 Å². The summed E-state index contributed by atoms with van der Waals surface area (Å²) < 4.78 is 1.75. The maximum absolute atomic E-state index is 11.1. The molecule has 5 rings (SSSR count). The molecule has 2 fully saturated rings. The highest BCUT2D eigenvalue weighted by Gasteiger charge is 2.25. The Morgan fingerprint density at radius 1 is 1.12 bits per heavy atom. The Hall–Kier alpha value is -3.53. The number of fused-ring (bicyclic) bond motifs is 1. The molecule has 0 radical (unpaired) electrons. The summed E-state index contributed by atoms with van der Waals surface area (Å²) in [7, 11) is 2.16. The molecule has 10 heteroatoms. The van der Waals surface area contributed by atoms with Gasteiger partial charge in [0, 0.05) is 63.4 Å². The molecule has 174 valence electrons. The molecule has 2 saturated heterocycles. The number of hydrogen-bond acceptors (Lipinski definition) is 7. The Kier molecular flexibility index (Phi) is 5.91. The van der Waals surface area contributed by atoms with E-state index >= 15 is 0 Å². The number of rotatable bonds is 6. The monoisotopic (exact) mass is 450 g/mol. The van der Waals surface area contributed by atoms with Crippen LogP contribution in [0.25, 0.3) is 5.65 Å². The van der Waals surface area contributed by atoms with E-state index < -0.39 is 6.09 Å². The Labute approximate surface area is 192 Å². The van der Waals surface area contributed by atoms with Crippen LogP contribution >= 0.6 is 0 Å². The van der Waals surface area contributed by atoms with Gasteiger partial charge >= 0.3 is 6.09 Å². The van der Waals surface area contributed by atoms with Crippen molar-refractivity contribution in [3.05, 3.63) is 42.6 Å². The van der Waals surface area contributed by atoms with Crippen molar-refractivity contribution in [2.24, 2.45) is 5.92 Å². The second kappa shape index (κ2) is 9.14. The molecule has 0 bridgehead atoms. The fourth-order valence-corrected chi connectivity index (χ4v) is 4.47. The number of pyridine rings is 1. The summed E-state index contributed by atoms with van der Waals surface area (Å²) in [6.07, 6.45) is 1.90. The van der Waals surface area contributed by atoms with Crippen LogP contribution in [0.2, 0.25) is 0 Å². The zero-order valence-electron chi connectivity index (χ0n) is 18.8. The maximum Gasteiger partial charge on any atom is 0.407 e. The highest BCUT2D eigenvalue weighted by atomic mass is 16.4. The number of aromatic nitrogens is 3. The lowest BCUT2D eigenvalue weighted by atomic mass is 10.1. The molecule has 10 nitrogen and oxygen atoms in total. The number of hydrogen-bond donors (Lipinski definition) is 3. The first kappa shape index (κ1) is 21.3. The fourth-order valence-electron chi connectivity index (χ4n) is 4.47. The minimum Gasteiger partial charge on any atom is -0.465 e. The third kappa shape index (κ3) is 4.80. The van der Waals surface area contributed by atoms with E-state index in [9.17, 15) is 4.79 Å². The lowest BCUT2D eigenvalue weighted by molar-refractivity contribution is 0.154. The number of anilines is 4. The SMILES string of the molecule is CN1CCN(c2ccc(Nc3nc4c(NCC5CCN(C(=O)O)C5)cccn4n3)cc2)CC1. The molecule has 2 aliphatic rings. The van der Waals surface area contributed by atoms with E-state index in [4.69, 9.17) is 5.11 Å². The van der Waals surface area contributed by atoms with Crippen molar-refractivity contribution in [3.8, 4) is 0 Å². The maximum atomic E-state index is 11.1. The number of carboxylic acid groups (broad SMARTS) is 1. The number of likely N-dealkylation sites (N-methyl/N-ethyl adjacent to an activating group) is 1. The number of carbonyl (C=O) groups is 1. The summed E-state index contributed by atoms with van der Waals surface area (Å²) in [4.78, 5) is 22.0. The molecule has 2 aliphatic heterocycles. The average molecular weight is 451 g/mol. The first-order valence-electron chi connectivity index (χ1n) is 11.4. The fraction of sp³-hybridized carbons (Fsp3) is 0.435. The van der Waals surface area contributed by atoms with Crippen LogP contribution in [0.1, 0.15) is 6.42 Å². The minimum absolute atomic E-state index is 0.292. The van der Waals surface area contributed by atoms with E-state index in [0.29, 0.717) is 31.5 Å². The molecule has 0 aliphatic carbocycles. The van der Waals surface area contributed by atoms with Gasteiger partial charge < -0.3 is 30.4 Å². The molecular weight excluding hydrogens is 420 g/mol. The molecule has 33 heavy (non-hydrogen) atoms. The molecule has 2 aromatic heterocycles. The van der Waals surface area contributed by atoms with Crippen LogP contribution in [0, 0.1) is 5.92 Å². The number of amides is 1. The Morgan fingerprint density at radius 2 is 1.91 bits per heavy atom. The van der Waals surface area contributed by atoms with Gasteiger partial charge in [-0.15, -0.1) is 5.10 Å². The van der Waals surface area contributed by atoms with Crippen molar-refractivity contribution in [2.75, 3.05) is 68.4 Å². The normalized spacial score (nSPS) is 19.2. The second-order valence-electron chi connectivity index (χ2n) is 8.85. The standard InChI is InChI=1S/C23H30N8O2/c1-28-11-13-29(14-12-28)19-6-4-18(5-7-19)25-22-26-21-20(3-2-9-31(21)27-22)24-15-17-8-10-30(16-17)23(32)33/h2-7,9,17,24H,8,10-16H2,1H3,(H,25,27)(H,32,33). The molecule has 1 unspecified atom stereocenters. The highest BCUT2D eigenvalue weighted by Crippen LogP contribution is 2.23. The van der Waals surface area contributed by atoms with Gasteiger partial charge in [0.2, 0.25) is 5.95 Å². The van der Waals surface area contributed by atoms with Crippen molar-refractivity contribution in [1.29, 1.82) is 0 Å². The average Bonchev–Trinajstić information content (AvgIpc) is 3.46. The summed E-state index contributed by atoms with van der Waals surface area (Å²) >= 11 is 0. The van der Waals surface area contributed by atoms with Crippen molar-refractivity contribution < 1.29 is 9.90 Å². The number of nitrogens with zero attached hydrogens (tertiary/aromatic N) is 6. The van der Waals surface area contributed by atoms with Crippen molar-refractivity contribution in [2.45, 2.75) is 6.42 Å². The topological polar surface area (TPSA) is 101 Å². The predicted molar refractivity (Wildman–Crippen MR) is 129 cm³/mol. The minimum atomic E-state index is -0.843. The van der Waals surface area contributed by atoms with Crippen LogP contribution in [0.3, 0.4) is 0 Å². The predicted octanol–water partition coefficient (Wildman–Crippen LogP) is 2.64. The smallest absolute Gasteiger partial charge is 0.407 e. The van der Waals surface area contributed by atoms with E-state index in [2.05, 4.69) is 61.8 Å². The van der Waals surface area contributed by atoms with Crippen molar-refractivity contribution >= 4 is 34.8 Å². The van der Waals surface area contributed by atoms with Gasteiger partial charge in [0.05, 0.1) is 5.69 Å². The van der Waals surface area contributed by atoms with Gasteiger partial charge in [-0.3, -0.25) is 0 Å². The van der Waals surface area contributed by atoms with Crippen LogP contribution in [-0.2, 0) is 0 Å². The van der Waals surface area contributed by atoms with Gasteiger partial charge in [-0.25, -0.2) is 9.31 Å². The van der Waals surface area contributed by atoms with Crippen LogP contribution < -0.4 is 15.5 Å². The summed E-state index contributed by atoms with van der Waals surface area (Å²) in [6, 6.07) is 12.3. The van der Waals surface area contributed by atoms with Gasteiger partial charge in [-0.1, -0.05) is 0 Å². The Balaban J connectivity index is 1.23. The Bertz CT molecular complexity index is 1110. The Morgan fingerprint density at radius 3 is 2.64 bits per heavy atom. The number of piperazine rings is 1. The van der Waals surface area contributed by atoms with E-state index in [1.807, 2.05) is 18.3 Å². The number of nitrogens with one attached hydrogen (secondary N) is 2. The quantitative estimate of drug-likeness (QED) is 0.527. The highest BCUT2D eigenvalue weighted by molar-refractivity contribution is 5.70. The van der Waals surface area contributed by atoms with Crippen LogP contribution in [0.15, 0.2) is 42.6 Å². The molecule has 0 saturated carbocycles. The van der Waals surface area contributed by atoms with Crippen molar-refractivity contribution in [3.63, 3.8) is 0 Å². The lowest BCUT2D eigenvalue weighted by Gasteiger charge is -2.34. The van der Waals surface area contributed by atoms with E-state index in [1.165, 1.54) is 10.6 Å². The first-order valence-corrected chi connectivity index (χ1v) is 11.4. The molecule has 1 aromatic carbocycles. The van der Waals surface area contributed by atoms with Gasteiger partial charge in [-0.05, 0) is 55.8 Å². The third-order valence-electron chi connectivity index (χ3n) is 6.49. The van der Waals surface area contributed by atoms with E-state index in [1.54, 1.807) is 4.52 Å². The number of benzene rings is 1. The molecule has 3 N–H and O–H groups in total. The molecular formula is C23H30N8O2. The summed E-state index contributed by atoms with van der Waals surface area (Å²) in [5.74, 6) is 0.829. The van der Waals surface area contributed by atoms with Gasteiger partial charge in [0.25, 0.3) is 0 Å². The third-order valence-corrected chi connectivity index (χ3v) is 6.49. The lowest BCUT2D eigenvalue weighted by Crippen LogP contribution is -2.44. The molecule has 0 spiro atoms. The van der Waals surface area contributed by atoms with Crippen molar-refractivity contribution in [1.82, 2.24) is 24.4 Å². The van der Waals surface area contributed by atoms with Gasteiger partial charge in [0.15, 0.2) is 5.65 Å². The van der Waals surface area contributed by atoms with Gasteiger partial charge in [0.1, 0.15) is 0 Å². The molecule has 1 amide bonds. The summed E-state index contributed by atoms with van der Waals surface area (Å²) in [6.45, 7) is 6.12. The summed E-state index contributed by atoms with van der Waals surface area (Å²) in [5.41, 5.74) is 3.80. The molecule has 4 heterocycles. The van der Waals surface area contributed by atoms with Crippen LogP contribution in [-0.4, -0.2) is 88.5 Å². The number of likely N-dealkylation sites (tertiary alicyclic amines) is 1. The van der Waals surface area contributed by atoms with E-state index in [-0.39, 0.29) is 0 Å². The van der Waals surface area contributed by atoms with Gasteiger partial charge in [-0.2, -0.15) is 4.98 Å². The zero-order chi connectivity index (χ0) is 22.8. The first-order chi connectivity index (χ1) is 16.0. The molecule has 1 atom stereocenters. The largest absolute Gasteiger partial charge is 0.465 e. The summed E-state index contributed by atoms with van der Waals surface area (Å²) in [5, 5.41) is 20.4. The second-order valence-corrected chi connectivity index (χ2v) is 8.85. The van der Waals surface area contributed by atoms with E-state index in [0.717, 1.165) is 49.6 Å².